The molecule has 0 amide bonds. The fourth-order valence-electron chi connectivity index (χ4n) is 1.60. The number of hydrazine groups is 1. The summed E-state index contributed by atoms with van der Waals surface area (Å²) in [7, 11) is 0. The normalized spacial score (nSPS) is 12.3. The molecular formula is C11H13N5. The summed E-state index contributed by atoms with van der Waals surface area (Å²) in [6, 6.07) is 7.33. The highest BCUT2D eigenvalue weighted by Crippen LogP contribution is 2.23. The number of anilines is 1. The Bertz CT molecular complexity index is 457. The SMILES string of the molecule is NNC(c1ccncc1)c1cccnc1N. The number of hydrogen-bond donors (Lipinski definition) is 3. The van der Waals surface area contributed by atoms with Gasteiger partial charge in [0, 0.05) is 24.2 Å². The van der Waals surface area contributed by atoms with Crippen LogP contribution in [0.4, 0.5) is 5.82 Å². The highest BCUT2D eigenvalue weighted by Gasteiger charge is 2.14. The summed E-state index contributed by atoms with van der Waals surface area (Å²) in [5, 5.41) is 0. The van der Waals surface area contributed by atoms with E-state index in [-0.39, 0.29) is 6.04 Å². The standard InChI is InChI=1S/C11H13N5/c12-11-9(2-1-5-15-11)10(16-13)8-3-6-14-7-4-8/h1-7,10,16H,13H2,(H2,12,15). The van der Waals surface area contributed by atoms with Crippen molar-refractivity contribution in [2.24, 2.45) is 5.84 Å². The Labute approximate surface area is 93.5 Å². The first kappa shape index (κ1) is 10.5. The van der Waals surface area contributed by atoms with E-state index in [4.69, 9.17) is 11.6 Å². The summed E-state index contributed by atoms with van der Waals surface area (Å²) in [4.78, 5) is 8.00. The third kappa shape index (κ3) is 2.00. The predicted molar refractivity (Wildman–Crippen MR) is 62.1 cm³/mol. The van der Waals surface area contributed by atoms with E-state index in [0.29, 0.717) is 5.82 Å². The number of nitrogens with zero attached hydrogens (tertiary/aromatic N) is 2. The van der Waals surface area contributed by atoms with Crippen LogP contribution in [0.15, 0.2) is 42.9 Å². The summed E-state index contributed by atoms with van der Waals surface area (Å²) < 4.78 is 0. The van der Waals surface area contributed by atoms with Gasteiger partial charge in [-0.05, 0) is 23.8 Å². The van der Waals surface area contributed by atoms with E-state index in [1.807, 2.05) is 24.3 Å². The molecule has 0 radical (unpaired) electrons. The molecule has 5 N–H and O–H groups in total. The van der Waals surface area contributed by atoms with Gasteiger partial charge in [0.1, 0.15) is 5.82 Å². The highest BCUT2D eigenvalue weighted by atomic mass is 15.2. The summed E-state index contributed by atoms with van der Waals surface area (Å²) in [5.74, 6) is 6.03. The molecule has 0 fully saturated rings. The average molecular weight is 215 g/mol. The molecule has 5 heteroatoms. The first-order valence-corrected chi connectivity index (χ1v) is 4.89. The molecule has 2 aromatic heterocycles. The number of hydrogen-bond acceptors (Lipinski definition) is 5. The molecule has 2 rings (SSSR count). The lowest BCUT2D eigenvalue weighted by atomic mass is 10.0. The van der Waals surface area contributed by atoms with Crippen molar-refractivity contribution >= 4 is 5.82 Å². The quantitative estimate of drug-likeness (QED) is 0.515. The Morgan fingerprint density at radius 1 is 1.12 bits per heavy atom. The van der Waals surface area contributed by atoms with Gasteiger partial charge in [0.2, 0.25) is 0 Å². The van der Waals surface area contributed by atoms with Gasteiger partial charge in [0.05, 0.1) is 6.04 Å². The Morgan fingerprint density at radius 2 is 1.88 bits per heavy atom. The molecule has 82 valence electrons. The molecule has 5 nitrogen and oxygen atoms in total. The lowest BCUT2D eigenvalue weighted by Gasteiger charge is -2.17. The van der Waals surface area contributed by atoms with Crippen molar-refractivity contribution < 1.29 is 0 Å². The fraction of sp³-hybridized carbons (Fsp3) is 0.0909. The zero-order valence-electron chi connectivity index (χ0n) is 8.67. The minimum absolute atomic E-state index is 0.170. The van der Waals surface area contributed by atoms with Gasteiger partial charge in [0.15, 0.2) is 0 Å². The smallest absolute Gasteiger partial charge is 0.128 e. The van der Waals surface area contributed by atoms with Gasteiger partial charge in [-0.2, -0.15) is 0 Å². The van der Waals surface area contributed by atoms with E-state index in [9.17, 15) is 0 Å². The summed E-state index contributed by atoms with van der Waals surface area (Å²) in [6.45, 7) is 0. The number of rotatable bonds is 3. The second-order valence-corrected chi connectivity index (χ2v) is 3.36. The second kappa shape index (κ2) is 4.69. The molecule has 2 heterocycles. The lowest BCUT2D eigenvalue weighted by molar-refractivity contribution is 0.636. The van der Waals surface area contributed by atoms with E-state index in [1.165, 1.54) is 0 Å². The van der Waals surface area contributed by atoms with Crippen LogP contribution in [0.3, 0.4) is 0 Å². The van der Waals surface area contributed by atoms with E-state index >= 15 is 0 Å². The summed E-state index contributed by atoms with van der Waals surface area (Å²) in [6.07, 6.45) is 5.08. The van der Waals surface area contributed by atoms with E-state index < -0.39 is 0 Å². The molecule has 0 aliphatic carbocycles. The van der Waals surface area contributed by atoms with Crippen molar-refractivity contribution in [3.05, 3.63) is 54.0 Å². The molecule has 0 aliphatic heterocycles. The van der Waals surface area contributed by atoms with E-state index in [0.717, 1.165) is 11.1 Å². The van der Waals surface area contributed by atoms with Gasteiger partial charge in [0.25, 0.3) is 0 Å². The van der Waals surface area contributed by atoms with Gasteiger partial charge in [-0.25, -0.2) is 10.4 Å². The molecule has 1 unspecified atom stereocenters. The van der Waals surface area contributed by atoms with Crippen molar-refractivity contribution in [1.82, 2.24) is 15.4 Å². The van der Waals surface area contributed by atoms with Gasteiger partial charge < -0.3 is 5.73 Å². The van der Waals surface area contributed by atoms with Crippen molar-refractivity contribution in [3.63, 3.8) is 0 Å². The predicted octanol–water partition coefficient (Wildman–Crippen LogP) is 0.611. The molecule has 1 atom stereocenters. The molecule has 0 aliphatic rings. The van der Waals surface area contributed by atoms with Gasteiger partial charge in [-0.1, -0.05) is 6.07 Å². The van der Waals surface area contributed by atoms with Crippen molar-refractivity contribution in [2.45, 2.75) is 6.04 Å². The third-order valence-electron chi connectivity index (χ3n) is 2.39. The average Bonchev–Trinajstić information content (AvgIpc) is 2.34. The summed E-state index contributed by atoms with van der Waals surface area (Å²) >= 11 is 0. The zero-order chi connectivity index (χ0) is 11.4. The lowest BCUT2D eigenvalue weighted by Crippen LogP contribution is -2.29. The maximum Gasteiger partial charge on any atom is 0.128 e. The van der Waals surface area contributed by atoms with Crippen LogP contribution in [0.2, 0.25) is 0 Å². The van der Waals surface area contributed by atoms with Crippen LogP contribution >= 0.6 is 0 Å². The number of pyridine rings is 2. The highest BCUT2D eigenvalue weighted by molar-refractivity contribution is 5.45. The Balaban J connectivity index is 2.41. The summed E-state index contributed by atoms with van der Waals surface area (Å²) in [5.41, 5.74) is 10.4. The minimum Gasteiger partial charge on any atom is -0.383 e. The Kier molecular flexibility index (Phi) is 3.09. The number of aromatic nitrogens is 2. The molecule has 2 aromatic rings. The van der Waals surface area contributed by atoms with Gasteiger partial charge in [-0.3, -0.25) is 10.8 Å². The molecule has 0 saturated carbocycles. The maximum atomic E-state index is 5.81. The molecule has 0 spiro atoms. The Morgan fingerprint density at radius 3 is 2.50 bits per heavy atom. The monoisotopic (exact) mass is 215 g/mol. The van der Waals surface area contributed by atoms with E-state index in [1.54, 1.807) is 18.6 Å². The van der Waals surface area contributed by atoms with Crippen LogP contribution in [-0.2, 0) is 0 Å². The fourth-order valence-corrected chi connectivity index (χ4v) is 1.60. The van der Waals surface area contributed by atoms with Crippen LogP contribution in [0.1, 0.15) is 17.2 Å². The van der Waals surface area contributed by atoms with Gasteiger partial charge in [-0.15, -0.1) is 0 Å². The Hall–Kier alpha value is -1.98. The molecule has 16 heavy (non-hydrogen) atoms. The first-order chi connectivity index (χ1) is 7.83. The first-order valence-electron chi connectivity index (χ1n) is 4.89. The molecule has 0 saturated heterocycles. The molecule has 0 bridgehead atoms. The number of nitrogen functional groups attached to an aromatic ring is 1. The maximum absolute atomic E-state index is 5.81. The molecular weight excluding hydrogens is 202 g/mol. The van der Waals surface area contributed by atoms with Gasteiger partial charge >= 0.3 is 0 Å². The minimum atomic E-state index is -0.170. The van der Waals surface area contributed by atoms with Crippen LogP contribution in [0.25, 0.3) is 0 Å². The zero-order valence-corrected chi connectivity index (χ0v) is 8.67. The van der Waals surface area contributed by atoms with Crippen molar-refractivity contribution in [1.29, 1.82) is 0 Å². The third-order valence-corrected chi connectivity index (χ3v) is 2.39. The molecule has 0 aromatic carbocycles. The van der Waals surface area contributed by atoms with Crippen molar-refractivity contribution in [3.8, 4) is 0 Å². The van der Waals surface area contributed by atoms with Crippen molar-refractivity contribution in [2.75, 3.05) is 5.73 Å². The van der Waals surface area contributed by atoms with Crippen LogP contribution in [-0.4, -0.2) is 9.97 Å². The second-order valence-electron chi connectivity index (χ2n) is 3.36. The number of nitrogens with two attached hydrogens (primary N) is 2. The largest absolute Gasteiger partial charge is 0.383 e. The van der Waals surface area contributed by atoms with Crippen LogP contribution in [0.5, 0.6) is 0 Å². The topological polar surface area (TPSA) is 89.8 Å². The number of nitrogens with one attached hydrogen (secondary N) is 1. The van der Waals surface area contributed by atoms with Crippen LogP contribution in [0, 0.1) is 0 Å². The van der Waals surface area contributed by atoms with Crippen LogP contribution < -0.4 is 17.0 Å². The van der Waals surface area contributed by atoms with E-state index in [2.05, 4.69) is 15.4 Å².